The number of ether oxygens (including phenoxy) is 1. The number of benzene rings is 2. The third kappa shape index (κ3) is 4.33. The van der Waals surface area contributed by atoms with Gasteiger partial charge in [-0.15, -0.1) is 0 Å². The summed E-state index contributed by atoms with van der Waals surface area (Å²) in [5, 5.41) is 22.9. The van der Waals surface area contributed by atoms with Gasteiger partial charge in [0.1, 0.15) is 16.4 Å². The van der Waals surface area contributed by atoms with E-state index in [2.05, 4.69) is 10.0 Å². The second-order valence-electron chi connectivity index (χ2n) is 5.83. The van der Waals surface area contributed by atoms with Crippen LogP contribution in [0.3, 0.4) is 0 Å². The van der Waals surface area contributed by atoms with Crippen molar-refractivity contribution in [2.24, 2.45) is 0 Å². The standard InChI is InChI=1S/C18H15N3O8S/c1-28-15-5-3-2-4-12(15)20-30(26,27)11-6-7-14(22)13(10-11)19-18(23)16-8-9-17(29-16)21(24)25/h2-10,20,22H,1H3,(H,19,23). The Kier molecular flexibility index (Phi) is 5.60. The van der Waals surface area contributed by atoms with Gasteiger partial charge in [0.15, 0.2) is 5.76 Å². The van der Waals surface area contributed by atoms with Crippen LogP contribution in [0.25, 0.3) is 0 Å². The van der Waals surface area contributed by atoms with Gasteiger partial charge >= 0.3 is 5.88 Å². The average molecular weight is 433 g/mol. The molecule has 3 rings (SSSR count). The minimum Gasteiger partial charge on any atom is -0.506 e. The van der Waals surface area contributed by atoms with Gasteiger partial charge in [0.25, 0.3) is 15.9 Å². The van der Waals surface area contributed by atoms with Crippen LogP contribution in [0.5, 0.6) is 11.5 Å². The molecule has 1 aromatic heterocycles. The van der Waals surface area contributed by atoms with Crippen LogP contribution in [-0.4, -0.2) is 31.5 Å². The largest absolute Gasteiger partial charge is 0.506 e. The Labute approximate surface area is 170 Å². The van der Waals surface area contributed by atoms with Crippen molar-refractivity contribution in [1.82, 2.24) is 0 Å². The molecule has 0 aliphatic rings. The second kappa shape index (κ2) is 8.13. The highest BCUT2D eigenvalue weighted by atomic mass is 32.2. The van der Waals surface area contributed by atoms with Crippen molar-refractivity contribution >= 4 is 33.2 Å². The molecule has 0 unspecified atom stereocenters. The van der Waals surface area contributed by atoms with Crippen molar-refractivity contribution < 1.29 is 32.4 Å². The predicted molar refractivity (Wildman–Crippen MR) is 105 cm³/mol. The number of sulfonamides is 1. The number of anilines is 2. The zero-order valence-electron chi connectivity index (χ0n) is 15.4. The van der Waals surface area contributed by atoms with Crippen molar-refractivity contribution in [3.05, 3.63) is 70.5 Å². The summed E-state index contributed by atoms with van der Waals surface area (Å²) in [4.78, 5) is 21.8. The normalized spacial score (nSPS) is 11.0. The van der Waals surface area contributed by atoms with Crippen LogP contribution in [0, 0.1) is 10.1 Å². The van der Waals surface area contributed by atoms with Crippen molar-refractivity contribution in [3.8, 4) is 11.5 Å². The van der Waals surface area contributed by atoms with Gasteiger partial charge in [-0.25, -0.2) is 8.42 Å². The number of hydrogen-bond acceptors (Lipinski definition) is 8. The van der Waals surface area contributed by atoms with Crippen molar-refractivity contribution in [1.29, 1.82) is 0 Å². The SMILES string of the molecule is COc1ccccc1NS(=O)(=O)c1ccc(O)c(NC(=O)c2ccc([N+](=O)[O-])o2)c1. The molecule has 11 nitrogen and oxygen atoms in total. The molecule has 1 amide bonds. The maximum atomic E-state index is 12.7. The quantitative estimate of drug-likeness (QED) is 0.291. The van der Waals surface area contributed by atoms with Crippen LogP contribution in [0.15, 0.2) is 63.9 Å². The molecule has 0 bridgehead atoms. The van der Waals surface area contributed by atoms with E-state index < -0.39 is 32.5 Å². The number of nitrogens with one attached hydrogen (secondary N) is 2. The molecule has 0 spiro atoms. The Morgan fingerprint density at radius 3 is 2.53 bits per heavy atom. The average Bonchev–Trinajstić information content (AvgIpc) is 3.20. The summed E-state index contributed by atoms with van der Waals surface area (Å²) in [7, 11) is -2.71. The lowest BCUT2D eigenvalue weighted by Crippen LogP contribution is -2.15. The minimum atomic E-state index is -4.10. The van der Waals surface area contributed by atoms with Gasteiger partial charge in [-0.1, -0.05) is 12.1 Å². The van der Waals surface area contributed by atoms with E-state index in [0.29, 0.717) is 5.75 Å². The zero-order chi connectivity index (χ0) is 21.9. The second-order valence-corrected chi connectivity index (χ2v) is 7.52. The molecule has 1 heterocycles. The Hall–Kier alpha value is -4.06. The lowest BCUT2D eigenvalue weighted by molar-refractivity contribution is -0.402. The van der Waals surface area contributed by atoms with Gasteiger partial charge in [0.2, 0.25) is 0 Å². The molecule has 0 aliphatic carbocycles. The number of nitrogens with zero attached hydrogens (tertiary/aromatic N) is 1. The Balaban J connectivity index is 1.86. The highest BCUT2D eigenvalue weighted by molar-refractivity contribution is 7.92. The fourth-order valence-electron chi connectivity index (χ4n) is 2.45. The molecule has 0 radical (unpaired) electrons. The van der Waals surface area contributed by atoms with Crippen molar-refractivity contribution in [2.75, 3.05) is 17.1 Å². The molecule has 2 aromatic carbocycles. The number of para-hydroxylation sites is 2. The molecule has 0 atom stereocenters. The first-order chi connectivity index (χ1) is 14.2. The number of methoxy groups -OCH3 is 1. The molecule has 30 heavy (non-hydrogen) atoms. The maximum absolute atomic E-state index is 12.7. The maximum Gasteiger partial charge on any atom is 0.433 e. The first-order valence-corrected chi connectivity index (χ1v) is 9.74. The number of nitro groups is 1. The lowest BCUT2D eigenvalue weighted by Gasteiger charge is -2.13. The number of hydrogen-bond donors (Lipinski definition) is 3. The Morgan fingerprint density at radius 2 is 1.87 bits per heavy atom. The summed E-state index contributed by atoms with van der Waals surface area (Å²) in [6, 6.07) is 11.7. The fourth-order valence-corrected chi connectivity index (χ4v) is 3.54. The summed E-state index contributed by atoms with van der Waals surface area (Å²) >= 11 is 0. The molecular formula is C18H15N3O8S. The number of phenols is 1. The number of carbonyl (C=O) groups excluding carboxylic acids is 1. The van der Waals surface area contributed by atoms with Crippen LogP contribution in [0.1, 0.15) is 10.6 Å². The Morgan fingerprint density at radius 1 is 1.13 bits per heavy atom. The lowest BCUT2D eigenvalue weighted by atomic mass is 10.3. The molecule has 0 fully saturated rings. The van der Waals surface area contributed by atoms with E-state index in [1.807, 2.05) is 0 Å². The van der Waals surface area contributed by atoms with Crippen molar-refractivity contribution in [3.63, 3.8) is 0 Å². The van der Waals surface area contributed by atoms with Gasteiger partial charge in [-0.2, -0.15) is 0 Å². The molecule has 0 saturated heterocycles. The van der Waals surface area contributed by atoms with Gasteiger partial charge in [0.05, 0.1) is 29.4 Å². The van der Waals surface area contributed by atoms with Crippen molar-refractivity contribution in [2.45, 2.75) is 4.90 Å². The van der Waals surface area contributed by atoms with Crippen LogP contribution >= 0.6 is 0 Å². The number of carbonyl (C=O) groups is 1. The molecule has 156 valence electrons. The molecule has 12 heteroatoms. The minimum absolute atomic E-state index is 0.196. The summed E-state index contributed by atoms with van der Waals surface area (Å²) in [5.41, 5.74) is -0.0384. The number of amides is 1. The Bertz CT molecular complexity index is 1220. The fraction of sp³-hybridized carbons (Fsp3) is 0.0556. The molecule has 0 saturated carbocycles. The highest BCUT2D eigenvalue weighted by Crippen LogP contribution is 2.30. The first kappa shape index (κ1) is 20.7. The first-order valence-electron chi connectivity index (χ1n) is 8.25. The van der Waals surface area contributed by atoms with Crippen LogP contribution in [0.4, 0.5) is 17.3 Å². The van der Waals surface area contributed by atoms with Gasteiger partial charge in [-0.05, 0) is 36.4 Å². The van der Waals surface area contributed by atoms with Crippen LogP contribution < -0.4 is 14.8 Å². The summed E-state index contributed by atoms with van der Waals surface area (Å²) in [6.07, 6.45) is 0. The zero-order valence-corrected chi connectivity index (χ0v) is 16.2. The third-order valence-electron chi connectivity index (χ3n) is 3.87. The summed E-state index contributed by atoms with van der Waals surface area (Å²) in [5.74, 6) is -2.05. The number of aromatic hydroxyl groups is 1. The molecule has 0 aliphatic heterocycles. The highest BCUT2D eigenvalue weighted by Gasteiger charge is 2.21. The molecular weight excluding hydrogens is 418 g/mol. The predicted octanol–water partition coefficient (Wildman–Crippen LogP) is 2.96. The van der Waals surface area contributed by atoms with E-state index >= 15 is 0 Å². The van der Waals surface area contributed by atoms with E-state index in [0.717, 1.165) is 30.3 Å². The monoisotopic (exact) mass is 433 g/mol. The van der Waals surface area contributed by atoms with E-state index in [9.17, 15) is 28.4 Å². The third-order valence-corrected chi connectivity index (χ3v) is 5.24. The van der Waals surface area contributed by atoms with Crippen LogP contribution in [0.2, 0.25) is 0 Å². The summed E-state index contributed by atoms with van der Waals surface area (Å²) in [6.45, 7) is 0. The van der Waals surface area contributed by atoms with E-state index in [4.69, 9.17) is 9.15 Å². The molecule has 3 aromatic rings. The van der Waals surface area contributed by atoms with Gasteiger partial charge in [0, 0.05) is 0 Å². The van der Waals surface area contributed by atoms with E-state index in [1.54, 1.807) is 18.2 Å². The number of furan rings is 1. The van der Waals surface area contributed by atoms with Gasteiger partial charge in [-0.3, -0.25) is 19.6 Å². The molecule has 3 N–H and O–H groups in total. The number of phenolic OH excluding ortho intramolecular Hbond substituents is 1. The van der Waals surface area contributed by atoms with Gasteiger partial charge < -0.3 is 19.6 Å². The summed E-state index contributed by atoms with van der Waals surface area (Å²) < 4.78 is 37.7. The topological polar surface area (TPSA) is 161 Å². The van der Waals surface area contributed by atoms with E-state index in [-0.39, 0.29) is 22.0 Å². The van der Waals surface area contributed by atoms with Crippen LogP contribution in [-0.2, 0) is 10.0 Å². The smallest absolute Gasteiger partial charge is 0.433 e. The van der Waals surface area contributed by atoms with E-state index in [1.165, 1.54) is 13.2 Å². The number of rotatable bonds is 7.